The van der Waals surface area contributed by atoms with Crippen LogP contribution in [0.4, 0.5) is 70.2 Å². The highest BCUT2D eigenvalue weighted by atomic mass is 19.4. The van der Waals surface area contributed by atoms with E-state index in [4.69, 9.17) is 9.47 Å². The molecular weight excluding hydrogens is 932 g/mol. The summed E-state index contributed by atoms with van der Waals surface area (Å²) < 4.78 is 235. The predicted molar refractivity (Wildman–Crippen MR) is 196 cm³/mol. The zero-order valence-electron chi connectivity index (χ0n) is 34.8. The molecule has 0 aromatic heterocycles. The maximum atomic E-state index is 13.3. The van der Waals surface area contributed by atoms with Gasteiger partial charge >= 0.3 is 71.3 Å². The van der Waals surface area contributed by atoms with Gasteiger partial charge in [0.05, 0.1) is 25.7 Å². The third kappa shape index (κ3) is 17.3. The van der Waals surface area contributed by atoms with E-state index in [0.717, 1.165) is 32.6 Å². The highest BCUT2D eigenvalue weighted by molar-refractivity contribution is 5.87. The monoisotopic (exact) mass is 978 g/mol. The summed E-state index contributed by atoms with van der Waals surface area (Å²) in [6.45, 7) is 13.7. The molecule has 0 aromatic rings. The average Bonchev–Trinajstić information content (AvgIpc) is 3.21. The quantitative estimate of drug-likeness (QED) is 0.0304. The molecule has 0 spiro atoms. The number of carbonyl (C=O) groups excluding carboxylic acids is 4. The second-order valence-corrected chi connectivity index (χ2v) is 13.9. The van der Waals surface area contributed by atoms with E-state index in [1.807, 2.05) is 0 Å². The molecule has 1 fully saturated rings. The second kappa shape index (κ2) is 24.9. The molecule has 0 unspecified atom stereocenters. The van der Waals surface area contributed by atoms with Crippen molar-refractivity contribution in [3.05, 3.63) is 74.8 Å². The first-order chi connectivity index (χ1) is 29.3. The van der Waals surface area contributed by atoms with E-state index >= 15 is 0 Å². The van der Waals surface area contributed by atoms with Gasteiger partial charge in [-0.1, -0.05) is 39.5 Å². The lowest BCUT2D eigenvalue weighted by molar-refractivity contribution is -0.374. The van der Waals surface area contributed by atoms with Gasteiger partial charge in [-0.25, -0.2) is 19.2 Å². The summed E-state index contributed by atoms with van der Waals surface area (Å²) >= 11 is 0. The minimum absolute atomic E-state index is 0.242. The Morgan fingerprint density at radius 3 is 0.938 bits per heavy atom. The fourth-order valence-electron chi connectivity index (χ4n) is 4.31. The molecule has 1 rings (SSSR count). The Morgan fingerprint density at radius 1 is 0.446 bits per heavy atom. The van der Waals surface area contributed by atoms with Gasteiger partial charge in [0.2, 0.25) is 0 Å². The van der Waals surface area contributed by atoms with E-state index in [1.54, 1.807) is 13.8 Å². The molecule has 10 nitrogen and oxygen atoms in total. The molecule has 0 aliphatic heterocycles. The highest BCUT2D eigenvalue weighted by Gasteiger charge is 2.82. The maximum absolute atomic E-state index is 13.3. The van der Waals surface area contributed by atoms with Crippen LogP contribution in [0.15, 0.2) is 74.8 Å². The highest BCUT2D eigenvalue weighted by Crippen LogP contribution is 2.54. The lowest BCUT2D eigenvalue weighted by Crippen LogP contribution is -2.64. The van der Waals surface area contributed by atoms with Crippen LogP contribution in [0.2, 0.25) is 0 Å². The second-order valence-electron chi connectivity index (χ2n) is 13.9. The van der Waals surface area contributed by atoms with Crippen molar-refractivity contribution in [2.45, 2.75) is 93.8 Å². The van der Waals surface area contributed by atoms with Crippen LogP contribution < -0.4 is 0 Å². The summed E-state index contributed by atoms with van der Waals surface area (Å²) in [5, 5.41) is 0. The van der Waals surface area contributed by atoms with Crippen LogP contribution in [0.25, 0.3) is 0 Å². The summed E-state index contributed by atoms with van der Waals surface area (Å²) in [6, 6.07) is 0. The van der Waals surface area contributed by atoms with Crippen LogP contribution in [-0.2, 0) is 47.6 Å². The third-order valence-corrected chi connectivity index (χ3v) is 8.25. The van der Waals surface area contributed by atoms with E-state index in [0.29, 0.717) is 42.3 Å². The van der Waals surface area contributed by atoms with Gasteiger partial charge < -0.3 is 28.4 Å². The van der Waals surface area contributed by atoms with E-state index in [-0.39, 0.29) is 24.5 Å². The minimum Gasteiger partial charge on any atom is -0.495 e. The van der Waals surface area contributed by atoms with Crippen molar-refractivity contribution in [1.82, 2.24) is 0 Å². The average molecular weight is 979 g/mol. The maximum Gasteiger partial charge on any atom is 0.381 e. The molecule has 1 aliphatic carbocycles. The van der Waals surface area contributed by atoms with Crippen molar-refractivity contribution in [1.29, 1.82) is 0 Å². The molecular formula is C39H46F16O10. The Bertz CT molecular complexity index is 1650. The molecule has 26 heteroatoms. The standard InChI is InChI=1S/C16H24O4.C12H12F8O3.C11H10F8O3/c1-11(2)15(17)19-9-13-5-7-14(8-6-13)10-20-16(18)12(3)4;1-4-22-5-9(13,14)11(17,18)12(19,20)10(15,16)6-23-8(21)7(2)3;1-3-7(20)22-6-9(14,15)11(18,19)10(16,17)8(12,13)5-21-4-2/h13-14H,1,3,5-10H2,2,4H3;4H,1-2,5-6H2,3H3;3-4H,1-2,5-6H2. The molecule has 0 amide bonds. The van der Waals surface area contributed by atoms with Crippen LogP contribution in [0, 0.1) is 11.8 Å². The van der Waals surface area contributed by atoms with Crippen molar-refractivity contribution in [3.8, 4) is 0 Å². The fourth-order valence-corrected chi connectivity index (χ4v) is 4.31. The first kappa shape index (κ1) is 61.9. The van der Waals surface area contributed by atoms with Crippen LogP contribution in [0.1, 0.15) is 46.5 Å². The molecule has 0 N–H and O–H groups in total. The molecule has 0 bridgehead atoms. The Hall–Kier alpha value is -5.20. The SMILES string of the molecule is C=C(C)C(=O)OCC1CCC(COC(=O)C(=C)C)CC1.C=COCC(F)(F)C(F)(F)C(F)(F)C(F)(F)COC(=O)C(=C)C.C=COCC(F)(F)C(F)(F)C(F)(F)C(F)(F)COC(=O)C=C. The van der Waals surface area contributed by atoms with Crippen LogP contribution in [0.3, 0.4) is 0 Å². The Kier molecular flexibility index (Phi) is 23.7. The summed E-state index contributed by atoms with van der Waals surface area (Å²) in [5.74, 6) is -51.9. The third-order valence-electron chi connectivity index (χ3n) is 8.25. The van der Waals surface area contributed by atoms with E-state index < -0.39 is 91.3 Å². The zero-order valence-corrected chi connectivity index (χ0v) is 34.8. The van der Waals surface area contributed by atoms with Gasteiger partial charge in [0, 0.05) is 22.8 Å². The number of esters is 4. The molecule has 374 valence electrons. The van der Waals surface area contributed by atoms with Crippen molar-refractivity contribution < 1.29 is 118 Å². The van der Waals surface area contributed by atoms with Gasteiger partial charge in [-0.3, -0.25) is 0 Å². The molecule has 0 aromatic carbocycles. The molecule has 0 saturated heterocycles. The van der Waals surface area contributed by atoms with Gasteiger partial charge in [-0.2, -0.15) is 70.2 Å². The first-order valence-electron chi connectivity index (χ1n) is 18.0. The number of halogens is 16. The van der Waals surface area contributed by atoms with E-state index in [1.165, 1.54) is 0 Å². The van der Waals surface area contributed by atoms with Crippen molar-refractivity contribution >= 4 is 23.9 Å². The zero-order chi connectivity index (χ0) is 51.6. The lowest BCUT2D eigenvalue weighted by atomic mass is 9.83. The normalized spacial score (nSPS) is 16.0. The predicted octanol–water partition coefficient (Wildman–Crippen LogP) is 10.3. The Morgan fingerprint density at radius 2 is 0.692 bits per heavy atom. The topological polar surface area (TPSA) is 124 Å². The summed E-state index contributed by atoms with van der Waals surface area (Å²) in [4.78, 5) is 43.9. The molecule has 1 saturated carbocycles. The number of hydrogen-bond donors (Lipinski definition) is 0. The number of hydrogen-bond acceptors (Lipinski definition) is 10. The summed E-state index contributed by atoms with van der Waals surface area (Å²) in [6.07, 6.45) is 4.77. The van der Waals surface area contributed by atoms with Crippen LogP contribution in [0.5, 0.6) is 0 Å². The summed E-state index contributed by atoms with van der Waals surface area (Å²) in [7, 11) is 0. The Balaban J connectivity index is 0. The van der Waals surface area contributed by atoms with Crippen LogP contribution >= 0.6 is 0 Å². The molecule has 0 heterocycles. The first-order valence-corrected chi connectivity index (χ1v) is 18.0. The van der Waals surface area contributed by atoms with Crippen molar-refractivity contribution in [2.75, 3.05) is 39.6 Å². The number of rotatable bonds is 24. The summed E-state index contributed by atoms with van der Waals surface area (Å²) in [5.41, 5.74) is 0.386. The van der Waals surface area contributed by atoms with Gasteiger partial charge in [-0.15, -0.1) is 0 Å². The van der Waals surface area contributed by atoms with Crippen LogP contribution in [-0.4, -0.2) is 111 Å². The van der Waals surface area contributed by atoms with Gasteiger partial charge in [-0.05, 0) is 58.3 Å². The largest absolute Gasteiger partial charge is 0.495 e. The number of alkyl halides is 16. The fraction of sp³-hybridized carbons (Fsp3) is 0.590. The number of ether oxygens (including phenoxy) is 6. The minimum atomic E-state index is -6.54. The van der Waals surface area contributed by atoms with E-state index in [2.05, 4.69) is 58.4 Å². The molecule has 0 atom stereocenters. The smallest absolute Gasteiger partial charge is 0.381 e. The van der Waals surface area contributed by atoms with Crippen molar-refractivity contribution in [2.24, 2.45) is 11.8 Å². The number of carbonyl (C=O) groups is 4. The van der Waals surface area contributed by atoms with Crippen molar-refractivity contribution in [3.63, 3.8) is 0 Å². The Labute approximate surface area is 361 Å². The lowest BCUT2D eigenvalue weighted by Gasteiger charge is -2.36. The molecule has 1 aliphatic rings. The van der Waals surface area contributed by atoms with E-state index in [9.17, 15) is 89.4 Å². The van der Waals surface area contributed by atoms with Gasteiger partial charge in [0.1, 0.15) is 0 Å². The molecule has 65 heavy (non-hydrogen) atoms. The van der Waals surface area contributed by atoms with Gasteiger partial charge in [0.15, 0.2) is 26.4 Å². The van der Waals surface area contributed by atoms with Gasteiger partial charge in [0.25, 0.3) is 0 Å². The molecule has 0 radical (unpaired) electrons.